The van der Waals surface area contributed by atoms with Gasteiger partial charge in [-0.1, -0.05) is 23.7 Å². The molecule has 1 N–H and O–H groups in total. The monoisotopic (exact) mass is 516 g/mol. The number of benzene rings is 2. The predicted molar refractivity (Wildman–Crippen MR) is 151 cm³/mol. The maximum Gasteiger partial charge on any atom is 0.174 e. The van der Waals surface area contributed by atoms with Gasteiger partial charge in [-0.2, -0.15) is 0 Å². The normalized spacial score (nSPS) is 17.4. The SMILES string of the molecule is COc1ccc(Cl)cc1-n1c(C)cc([C@@H]2[C@H](c3ccccn3)NC(=S)N2c2cc(C)cc(C)c2)c1C. The molecule has 0 bridgehead atoms. The molecule has 36 heavy (non-hydrogen) atoms. The Labute approximate surface area is 222 Å². The molecule has 2 aromatic carbocycles. The molecule has 0 unspecified atom stereocenters. The zero-order chi connectivity index (χ0) is 25.6. The maximum absolute atomic E-state index is 6.40. The fraction of sp³-hybridized carbons (Fsp3) is 0.241. The van der Waals surface area contributed by atoms with Crippen molar-refractivity contribution in [3.8, 4) is 11.4 Å². The predicted octanol–water partition coefficient (Wildman–Crippen LogP) is 6.95. The summed E-state index contributed by atoms with van der Waals surface area (Å²) in [5.74, 6) is 0.764. The third-order valence-electron chi connectivity index (χ3n) is 6.75. The highest BCUT2D eigenvalue weighted by Crippen LogP contribution is 2.44. The minimum atomic E-state index is -0.116. The summed E-state index contributed by atoms with van der Waals surface area (Å²) in [6.07, 6.45) is 1.83. The zero-order valence-electron chi connectivity index (χ0n) is 21.0. The lowest BCUT2D eigenvalue weighted by Crippen LogP contribution is -2.29. The van der Waals surface area contributed by atoms with Crippen molar-refractivity contribution >= 4 is 34.6 Å². The Bertz CT molecular complexity index is 1430. The van der Waals surface area contributed by atoms with E-state index in [0.29, 0.717) is 10.1 Å². The molecule has 0 saturated carbocycles. The van der Waals surface area contributed by atoms with E-state index < -0.39 is 0 Å². The first kappa shape index (κ1) is 24.3. The summed E-state index contributed by atoms with van der Waals surface area (Å²) in [7, 11) is 1.68. The lowest BCUT2D eigenvalue weighted by molar-refractivity contribution is 0.412. The second-order valence-electron chi connectivity index (χ2n) is 9.32. The van der Waals surface area contributed by atoms with Gasteiger partial charge in [0, 0.05) is 28.3 Å². The molecular weight excluding hydrogens is 488 g/mol. The van der Waals surface area contributed by atoms with Gasteiger partial charge in [-0.3, -0.25) is 4.98 Å². The van der Waals surface area contributed by atoms with E-state index in [1.165, 1.54) is 11.1 Å². The van der Waals surface area contributed by atoms with Gasteiger partial charge in [-0.05, 0) is 105 Å². The van der Waals surface area contributed by atoms with E-state index in [4.69, 9.17) is 33.5 Å². The molecule has 4 aromatic rings. The van der Waals surface area contributed by atoms with Crippen LogP contribution in [0.2, 0.25) is 5.02 Å². The number of nitrogens with zero attached hydrogens (tertiary/aromatic N) is 3. The van der Waals surface area contributed by atoms with Crippen LogP contribution in [0.3, 0.4) is 0 Å². The number of anilines is 1. The van der Waals surface area contributed by atoms with Crippen molar-refractivity contribution in [2.24, 2.45) is 0 Å². The standard InChI is InChI=1S/C29H29ClN4OS/c1-17-12-18(2)14-22(13-17)34-28(27(32-29(34)36)24-8-6-7-11-31-24)23-15-19(3)33(20(23)4)25-16-21(30)9-10-26(25)35-5/h6-16,27-28H,1-5H3,(H,32,36)/t27-,28+/m0/s1. The first-order valence-electron chi connectivity index (χ1n) is 11.9. The summed E-state index contributed by atoms with van der Waals surface area (Å²) in [4.78, 5) is 6.93. The van der Waals surface area contributed by atoms with Gasteiger partial charge in [0.2, 0.25) is 0 Å². The van der Waals surface area contributed by atoms with E-state index in [0.717, 1.165) is 39.8 Å². The number of rotatable bonds is 5. The zero-order valence-corrected chi connectivity index (χ0v) is 22.6. The van der Waals surface area contributed by atoms with Crippen LogP contribution in [0.5, 0.6) is 5.75 Å². The topological polar surface area (TPSA) is 42.3 Å². The molecule has 5 nitrogen and oxygen atoms in total. The third-order valence-corrected chi connectivity index (χ3v) is 7.30. The molecule has 1 fully saturated rings. The van der Waals surface area contributed by atoms with Crippen molar-refractivity contribution in [1.29, 1.82) is 0 Å². The molecule has 3 heterocycles. The number of hydrogen-bond acceptors (Lipinski definition) is 3. The lowest BCUT2D eigenvalue weighted by atomic mass is 9.96. The maximum atomic E-state index is 6.40. The molecular formula is C29H29ClN4OS. The Balaban J connectivity index is 1.72. The molecule has 2 aromatic heterocycles. The van der Waals surface area contributed by atoms with Crippen molar-refractivity contribution in [2.75, 3.05) is 12.0 Å². The van der Waals surface area contributed by atoms with Crippen molar-refractivity contribution < 1.29 is 4.74 Å². The summed E-state index contributed by atoms with van der Waals surface area (Å²) in [6.45, 7) is 8.48. The highest BCUT2D eigenvalue weighted by molar-refractivity contribution is 7.80. The quantitative estimate of drug-likeness (QED) is 0.291. The number of halogens is 1. The van der Waals surface area contributed by atoms with Gasteiger partial charge in [0.05, 0.1) is 30.6 Å². The second kappa shape index (κ2) is 9.60. The summed E-state index contributed by atoms with van der Waals surface area (Å²) in [5.41, 5.74) is 8.66. The minimum Gasteiger partial charge on any atom is -0.495 e. The van der Waals surface area contributed by atoms with Crippen molar-refractivity contribution in [1.82, 2.24) is 14.9 Å². The molecule has 0 spiro atoms. The summed E-state index contributed by atoms with van der Waals surface area (Å²) in [5, 5.41) is 4.92. The molecule has 184 valence electrons. The molecule has 7 heteroatoms. The number of thiocarbonyl (C=S) groups is 1. The van der Waals surface area contributed by atoms with Crippen molar-refractivity contribution in [3.05, 3.63) is 106 Å². The van der Waals surface area contributed by atoms with E-state index >= 15 is 0 Å². The van der Waals surface area contributed by atoms with Gasteiger partial charge in [-0.15, -0.1) is 0 Å². The van der Waals surface area contributed by atoms with Gasteiger partial charge in [0.25, 0.3) is 0 Å². The first-order valence-corrected chi connectivity index (χ1v) is 12.7. The Kier molecular flexibility index (Phi) is 6.49. The van der Waals surface area contributed by atoms with Crippen LogP contribution in [0.4, 0.5) is 5.69 Å². The van der Waals surface area contributed by atoms with E-state index in [9.17, 15) is 0 Å². The van der Waals surface area contributed by atoms with Crippen LogP contribution in [0.25, 0.3) is 5.69 Å². The number of pyridine rings is 1. The van der Waals surface area contributed by atoms with Gasteiger partial charge >= 0.3 is 0 Å². The average Bonchev–Trinajstić information content (AvgIpc) is 3.34. The molecule has 1 aliphatic heterocycles. The van der Waals surface area contributed by atoms with Crippen LogP contribution in [0, 0.1) is 27.7 Å². The van der Waals surface area contributed by atoms with Crippen LogP contribution in [-0.4, -0.2) is 21.8 Å². The lowest BCUT2D eigenvalue weighted by Gasteiger charge is -2.29. The van der Waals surface area contributed by atoms with Crippen LogP contribution in [-0.2, 0) is 0 Å². The number of aryl methyl sites for hydroxylation is 3. The highest BCUT2D eigenvalue weighted by atomic mass is 35.5. The number of ether oxygens (including phenoxy) is 1. The fourth-order valence-electron chi connectivity index (χ4n) is 5.33. The van der Waals surface area contributed by atoms with Gasteiger partial charge in [-0.25, -0.2) is 0 Å². The molecule has 1 saturated heterocycles. The van der Waals surface area contributed by atoms with Crippen LogP contribution < -0.4 is 15.0 Å². The smallest absolute Gasteiger partial charge is 0.174 e. The molecule has 0 amide bonds. The molecule has 2 atom stereocenters. The Morgan fingerprint density at radius 2 is 1.72 bits per heavy atom. The summed E-state index contributed by atoms with van der Waals surface area (Å²) < 4.78 is 7.90. The van der Waals surface area contributed by atoms with Gasteiger partial charge < -0.3 is 19.5 Å². The largest absolute Gasteiger partial charge is 0.495 e. The summed E-state index contributed by atoms with van der Waals surface area (Å²) >= 11 is 12.3. The van der Waals surface area contributed by atoms with Crippen molar-refractivity contribution in [2.45, 2.75) is 39.8 Å². The number of nitrogens with one attached hydrogen (secondary N) is 1. The second-order valence-corrected chi connectivity index (χ2v) is 10.1. The minimum absolute atomic E-state index is 0.0984. The third kappa shape index (κ3) is 4.25. The van der Waals surface area contributed by atoms with Gasteiger partial charge in [0.15, 0.2) is 5.11 Å². The number of hydrogen-bond donors (Lipinski definition) is 1. The molecule has 5 rings (SSSR count). The summed E-state index contributed by atoms with van der Waals surface area (Å²) in [6, 6.07) is 20.3. The Hall–Kier alpha value is -3.35. The van der Waals surface area contributed by atoms with Crippen LogP contribution in [0.1, 0.15) is 45.9 Å². The number of aromatic nitrogens is 2. The molecule has 1 aliphatic rings. The highest BCUT2D eigenvalue weighted by Gasteiger charge is 2.42. The van der Waals surface area contributed by atoms with Crippen molar-refractivity contribution in [3.63, 3.8) is 0 Å². The number of methoxy groups -OCH3 is 1. The first-order chi connectivity index (χ1) is 17.3. The molecule has 0 aliphatic carbocycles. The Morgan fingerprint density at radius 1 is 0.972 bits per heavy atom. The fourth-order valence-corrected chi connectivity index (χ4v) is 5.85. The Morgan fingerprint density at radius 3 is 2.39 bits per heavy atom. The van der Waals surface area contributed by atoms with E-state index in [2.05, 4.69) is 72.8 Å². The van der Waals surface area contributed by atoms with E-state index in [1.54, 1.807) is 7.11 Å². The molecule has 0 radical (unpaired) electrons. The van der Waals surface area contributed by atoms with Crippen LogP contribution in [0.15, 0.2) is 66.9 Å². The van der Waals surface area contributed by atoms with Gasteiger partial charge in [0.1, 0.15) is 5.75 Å². The van der Waals surface area contributed by atoms with Crippen LogP contribution >= 0.6 is 23.8 Å². The average molecular weight is 517 g/mol. The van der Waals surface area contributed by atoms with E-state index in [1.807, 2.05) is 36.5 Å². The van der Waals surface area contributed by atoms with E-state index in [-0.39, 0.29) is 12.1 Å².